The van der Waals surface area contributed by atoms with Crippen molar-refractivity contribution in [1.29, 1.82) is 0 Å². The van der Waals surface area contributed by atoms with E-state index in [1.54, 1.807) is 0 Å². The Morgan fingerprint density at radius 1 is 1.30 bits per heavy atom. The summed E-state index contributed by atoms with van der Waals surface area (Å²) in [6, 6.07) is 0. The lowest BCUT2D eigenvalue weighted by atomic mass is 10.2. The second-order valence-corrected chi connectivity index (χ2v) is 1.98. The van der Waals surface area contributed by atoms with Crippen molar-refractivity contribution in [3.63, 3.8) is 0 Å². The highest BCUT2D eigenvalue weighted by Crippen LogP contribution is 1.91. The van der Waals surface area contributed by atoms with E-state index in [-0.39, 0.29) is 24.5 Å². The molecule has 0 aromatic carbocycles. The molecule has 0 rings (SSSR count). The molecule has 0 N–H and O–H groups in total. The molecular formula is C6H6ClO3. The van der Waals surface area contributed by atoms with E-state index >= 15 is 0 Å². The van der Waals surface area contributed by atoms with Crippen LogP contribution >= 0.6 is 11.6 Å². The molecule has 4 heteroatoms. The summed E-state index contributed by atoms with van der Waals surface area (Å²) < 4.78 is 0. The van der Waals surface area contributed by atoms with Crippen LogP contribution in [0.4, 0.5) is 0 Å². The highest BCUT2D eigenvalue weighted by atomic mass is 35.5. The quantitative estimate of drug-likeness (QED) is 0.429. The predicted octanol–water partition coefficient (Wildman–Crippen LogP) is 0.253. The van der Waals surface area contributed by atoms with Gasteiger partial charge in [-0.15, -0.1) is 11.6 Å². The van der Waals surface area contributed by atoms with E-state index in [0.717, 1.165) is 0 Å². The third-order valence-electron chi connectivity index (χ3n) is 0.813. The van der Waals surface area contributed by atoms with E-state index in [9.17, 15) is 14.4 Å². The highest BCUT2D eigenvalue weighted by molar-refractivity contribution is 6.29. The van der Waals surface area contributed by atoms with Crippen molar-refractivity contribution in [2.45, 2.75) is 12.8 Å². The Morgan fingerprint density at radius 2 is 1.90 bits per heavy atom. The van der Waals surface area contributed by atoms with E-state index < -0.39 is 5.78 Å². The minimum absolute atomic E-state index is 0.176. The maximum Gasteiger partial charge on any atom is 0.206 e. The van der Waals surface area contributed by atoms with Gasteiger partial charge in [0.25, 0.3) is 0 Å². The largest absolute Gasteiger partial charge is 0.299 e. The zero-order chi connectivity index (χ0) is 7.98. The summed E-state index contributed by atoms with van der Waals surface area (Å²) in [5, 5.41) is 0. The van der Waals surface area contributed by atoms with Gasteiger partial charge < -0.3 is 0 Å². The second kappa shape index (κ2) is 5.11. The number of alkyl halides is 1. The fourth-order valence-corrected chi connectivity index (χ4v) is 0.505. The normalized spacial score (nSPS) is 8.90. The first-order chi connectivity index (χ1) is 4.70. The fraction of sp³-hybridized carbons (Fsp3) is 0.500. The maximum atomic E-state index is 10.5. The van der Waals surface area contributed by atoms with Gasteiger partial charge in [-0.25, -0.2) is 0 Å². The van der Waals surface area contributed by atoms with Crippen molar-refractivity contribution < 1.29 is 14.4 Å². The van der Waals surface area contributed by atoms with Gasteiger partial charge in [0.15, 0.2) is 5.78 Å². The average Bonchev–Trinajstić information content (AvgIpc) is 1.88. The smallest absolute Gasteiger partial charge is 0.206 e. The lowest BCUT2D eigenvalue weighted by molar-refractivity contribution is -0.125. The van der Waals surface area contributed by atoms with E-state index in [2.05, 4.69) is 0 Å². The van der Waals surface area contributed by atoms with Crippen molar-refractivity contribution in [3.05, 3.63) is 0 Å². The average molecular weight is 162 g/mol. The monoisotopic (exact) mass is 161 g/mol. The molecule has 0 unspecified atom stereocenters. The van der Waals surface area contributed by atoms with Crippen LogP contribution in [0.2, 0.25) is 0 Å². The number of carbonyl (C=O) groups excluding carboxylic acids is 3. The number of rotatable bonds is 5. The summed E-state index contributed by atoms with van der Waals surface area (Å²) >= 11 is 5.10. The molecule has 0 bridgehead atoms. The van der Waals surface area contributed by atoms with E-state index in [0.29, 0.717) is 0 Å². The zero-order valence-corrected chi connectivity index (χ0v) is 5.98. The van der Waals surface area contributed by atoms with E-state index in [4.69, 9.17) is 11.6 Å². The molecule has 0 atom stereocenters. The van der Waals surface area contributed by atoms with E-state index in [1.807, 2.05) is 0 Å². The first kappa shape index (κ1) is 9.30. The van der Waals surface area contributed by atoms with Gasteiger partial charge in [0.05, 0.1) is 18.7 Å². The van der Waals surface area contributed by atoms with Gasteiger partial charge in [-0.05, 0) is 0 Å². The Labute approximate surface area is 63.4 Å². The van der Waals surface area contributed by atoms with Gasteiger partial charge in [0, 0.05) is 0 Å². The summed E-state index contributed by atoms with van der Waals surface area (Å²) in [6.07, 6.45) is 0.834. The maximum absolute atomic E-state index is 10.5. The molecule has 0 aliphatic carbocycles. The highest BCUT2D eigenvalue weighted by Gasteiger charge is 2.06. The Balaban J connectivity index is 3.57. The summed E-state index contributed by atoms with van der Waals surface area (Å²) in [6.45, 7) is 0. The molecule has 1 radical (unpaired) electrons. The number of carbonyl (C=O) groups is 2. The van der Waals surface area contributed by atoms with Crippen molar-refractivity contribution in [3.8, 4) is 0 Å². The van der Waals surface area contributed by atoms with Crippen LogP contribution in [0.3, 0.4) is 0 Å². The van der Waals surface area contributed by atoms with Crippen molar-refractivity contribution >= 4 is 29.5 Å². The van der Waals surface area contributed by atoms with Crippen LogP contribution in [-0.4, -0.2) is 23.7 Å². The van der Waals surface area contributed by atoms with Gasteiger partial charge in [-0.2, -0.15) is 0 Å². The molecular weight excluding hydrogens is 156 g/mol. The zero-order valence-electron chi connectivity index (χ0n) is 5.22. The third kappa shape index (κ3) is 4.21. The van der Waals surface area contributed by atoms with Crippen LogP contribution < -0.4 is 0 Å². The number of ketones is 2. The molecule has 0 heterocycles. The number of halogens is 1. The lowest BCUT2D eigenvalue weighted by Gasteiger charge is -1.89. The Morgan fingerprint density at radius 3 is 2.30 bits per heavy atom. The van der Waals surface area contributed by atoms with Crippen LogP contribution in [0.25, 0.3) is 0 Å². The summed E-state index contributed by atoms with van der Waals surface area (Å²) in [4.78, 5) is 30.5. The molecule has 0 aromatic rings. The lowest BCUT2D eigenvalue weighted by Crippen LogP contribution is -2.08. The van der Waals surface area contributed by atoms with Crippen molar-refractivity contribution in [1.82, 2.24) is 0 Å². The molecule has 0 amide bonds. The minimum atomic E-state index is -0.430. The Bertz CT molecular complexity index is 153. The van der Waals surface area contributed by atoms with E-state index in [1.165, 1.54) is 6.29 Å². The SMILES string of the molecule is O=[C]CC(=O)CC(=O)CCl. The second-order valence-electron chi connectivity index (χ2n) is 1.71. The Hall–Kier alpha value is -0.700. The first-order valence-electron chi connectivity index (χ1n) is 2.65. The van der Waals surface area contributed by atoms with Crippen molar-refractivity contribution in [2.75, 3.05) is 5.88 Å². The van der Waals surface area contributed by atoms with Gasteiger partial charge in [-0.3, -0.25) is 14.4 Å². The molecule has 0 saturated heterocycles. The van der Waals surface area contributed by atoms with Crippen molar-refractivity contribution in [2.24, 2.45) is 0 Å². The molecule has 0 aromatic heterocycles. The molecule has 0 spiro atoms. The van der Waals surface area contributed by atoms with Gasteiger partial charge in [0.2, 0.25) is 6.29 Å². The number of Topliss-reactive ketones (excluding diaryl/α,β-unsaturated/α-hetero) is 2. The Kier molecular flexibility index (Phi) is 4.76. The molecule has 55 valence electrons. The molecule has 0 aliphatic heterocycles. The van der Waals surface area contributed by atoms with Crippen LogP contribution in [0.1, 0.15) is 12.8 Å². The summed E-state index contributed by atoms with van der Waals surface area (Å²) in [5.41, 5.74) is 0. The standard InChI is InChI=1S/C6H6ClO3/c7-4-6(10)3-5(9)1-2-8/h1,3-4H2. The minimum Gasteiger partial charge on any atom is -0.299 e. The summed E-state index contributed by atoms with van der Waals surface area (Å²) in [7, 11) is 0. The summed E-state index contributed by atoms with van der Waals surface area (Å²) in [5.74, 6) is -0.965. The van der Waals surface area contributed by atoms with Gasteiger partial charge >= 0.3 is 0 Å². The number of hydrogen-bond acceptors (Lipinski definition) is 3. The number of hydrogen-bond donors (Lipinski definition) is 0. The van der Waals surface area contributed by atoms with Gasteiger partial charge in [-0.1, -0.05) is 0 Å². The van der Waals surface area contributed by atoms with Crippen LogP contribution in [0.15, 0.2) is 0 Å². The molecule has 0 aliphatic rings. The predicted molar refractivity (Wildman–Crippen MR) is 35.7 cm³/mol. The first-order valence-corrected chi connectivity index (χ1v) is 3.18. The van der Waals surface area contributed by atoms with Crippen LogP contribution in [0, 0.1) is 0 Å². The van der Waals surface area contributed by atoms with Gasteiger partial charge in [0.1, 0.15) is 5.78 Å². The molecule has 3 nitrogen and oxygen atoms in total. The fourth-order valence-electron chi connectivity index (χ4n) is 0.410. The van der Waals surface area contributed by atoms with Crippen LogP contribution in [-0.2, 0) is 14.4 Å². The molecule has 0 fully saturated rings. The van der Waals surface area contributed by atoms with Crippen LogP contribution in [0.5, 0.6) is 0 Å². The third-order valence-corrected chi connectivity index (χ3v) is 1.11. The topological polar surface area (TPSA) is 51.2 Å². The molecule has 10 heavy (non-hydrogen) atoms. The molecule has 0 saturated carbocycles.